The lowest BCUT2D eigenvalue weighted by molar-refractivity contribution is 0.482. The molecule has 0 spiro atoms. The Labute approximate surface area is 131 Å². The molecule has 0 amide bonds. The number of hydrogen-bond acceptors (Lipinski definition) is 6. The Bertz CT molecular complexity index is 981. The predicted octanol–water partition coefficient (Wildman–Crippen LogP) is 2.64. The zero-order valence-corrected chi connectivity index (χ0v) is 12.9. The highest BCUT2D eigenvalue weighted by atomic mass is 32.2. The second kappa shape index (κ2) is 6.26. The van der Waals surface area contributed by atoms with Crippen molar-refractivity contribution >= 4 is 25.9 Å². The van der Waals surface area contributed by atoms with Crippen LogP contribution in [0.3, 0.4) is 0 Å². The van der Waals surface area contributed by atoms with E-state index < -0.39 is 30.8 Å². The van der Waals surface area contributed by atoms with Gasteiger partial charge >= 0.3 is 10.1 Å². The summed E-state index contributed by atoms with van der Waals surface area (Å²) in [4.78, 5) is 1.77. The third-order valence-electron chi connectivity index (χ3n) is 2.61. The Kier molecular flexibility index (Phi) is 4.57. The van der Waals surface area contributed by atoms with Gasteiger partial charge in [0.25, 0.3) is 10.1 Å². The first-order valence-corrected chi connectivity index (χ1v) is 8.75. The second-order valence-corrected chi connectivity index (χ2v) is 7.11. The Hall–Kier alpha value is -2.59. The van der Waals surface area contributed by atoms with Gasteiger partial charge in [0.1, 0.15) is 4.90 Å². The van der Waals surface area contributed by atoms with Crippen molar-refractivity contribution in [2.45, 2.75) is 9.79 Å². The molecule has 0 unspecified atom stereocenters. The molecule has 0 aliphatic heterocycles. The highest BCUT2D eigenvalue weighted by molar-refractivity contribution is 7.87. The molecule has 120 valence electrons. The van der Waals surface area contributed by atoms with Crippen LogP contribution in [0.2, 0.25) is 0 Å². The van der Waals surface area contributed by atoms with Gasteiger partial charge in [-0.25, -0.2) is 0 Å². The Morgan fingerprint density at radius 3 is 2.22 bits per heavy atom. The summed E-state index contributed by atoms with van der Waals surface area (Å²) in [7, 11) is -8.74. The van der Waals surface area contributed by atoms with E-state index in [4.69, 9.17) is 14.3 Å². The SMILES string of the molecule is [N-]=[N+]=Nc1cc(S(=O)(=O)O)ccc1OS(=O)(=O)c1ccccc1. The molecule has 2 aromatic rings. The van der Waals surface area contributed by atoms with Gasteiger partial charge in [0.15, 0.2) is 5.75 Å². The molecule has 23 heavy (non-hydrogen) atoms. The van der Waals surface area contributed by atoms with Gasteiger partial charge in [-0.1, -0.05) is 23.3 Å². The molecule has 0 aliphatic carbocycles. The van der Waals surface area contributed by atoms with Gasteiger partial charge in [0, 0.05) is 4.91 Å². The zero-order chi connectivity index (χ0) is 17.1. The van der Waals surface area contributed by atoms with Crippen LogP contribution in [0.1, 0.15) is 0 Å². The van der Waals surface area contributed by atoms with Crippen molar-refractivity contribution in [2.24, 2.45) is 5.11 Å². The minimum Gasteiger partial charge on any atom is -0.378 e. The van der Waals surface area contributed by atoms with Crippen molar-refractivity contribution in [3.05, 3.63) is 59.0 Å². The van der Waals surface area contributed by atoms with Crippen molar-refractivity contribution in [1.29, 1.82) is 0 Å². The van der Waals surface area contributed by atoms with Crippen LogP contribution in [-0.4, -0.2) is 21.4 Å². The summed E-state index contributed by atoms with van der Waals surface area (Å²) in [6.07, 6.45) is 0. The Morgan fingerprint density at radius 2 is 1.65 bits per heavy atom. The third-order valence-corrected chi connectivity index (χ3v) is 4.71. The monoisotopic (exact) mass is 355 g/mol. The maximum Gasteiger partial charge on any atom is 0.339 e. The summed E-state index contributed by atoms with van der Waals surface area (Å²) >= 11 is 0. The maximum absolute atomic E-state index is 12.1. The molecule has 0 radical (unpaired) electrons. The normalized spacial score (nSPS) is 11.5. The second-order valence-electron chi connectivity index (χ2n) is 4.14. The lowest BCUT2D eigenvalue weighted by Gasteiger charge is -2.09. The third kappa shape index (κ3) is 3.99. The largest absolute Gasteiger partial charge is 0.378 e. The first-order chi connectivity index (χ1) is 10.7. The first-order valence-electron chi connectivity index (χ1n) is 5.90. The molecular formula is C12H9N3O6S2. The lowest BCUT2D eigenvalue weighted by Crippen LogP contribution is -2.10. The predicted molar refractivity (Wildman–Crippen MR) is 79.3 cm³/mol. The summed E-state index contributed by atoms with van der Waals surface area (Å²) in [6, 6.07) is 9.88. The Morgan fingerprint density at radius 1 is 1.00 bits per heavy atom. The van der Waals surface area contributed by atoms with Crippen LogP contribution in [0, 0.1) is 0 Å². The van der Waals surface area contributed by atoms with Gasteiger partial charge in [0.2, 0.25) is 0 Å². The summed E-state index contributed by atoms with van der Waals surface area (Å²) in [5.41, 5.74) is 8.09. The lowest BCUT2D eigenvalue weighted by atomic mass is 10.3. The highest BCUT2D eigenvalue weighted by Gasteiger charge is 2.20. The molecule has 1 N–H and O–H groups in total. The van der Waals surface area contributed by atoms with Crippen molar-refractivity contribution in [2.75, 3.05) is 0 Å². The molecule has 0 saturated carbocycles. The molecular weight excluding hydrogens is 346 g/mol. The smallest absolute Gasteiger partial charge is 0.339 e. The average molecular weight is 355 g/mol. The van der Waals surface area contributed by atoms with Crippen LogP contribution in [0.25, 0.3) is 10.4 Å². The van der Waals surface area contributed by atoms with Crippen molar-refractivity contribution in [3.8, 4) is 5.75 Å². The van der Waals surface area contributed by atoms with Gasteiger partial charge in [-0.2, -0.15) is 16.8 Å². The van der Waals surface area contributed by atoms with Gasteiger partial charge in [-0.05, 0) is 35.9 Å². The number of nitrogens with zero attached hydrogens (tertiary/aromatic N) is 3. The van der Waals surface area contributed by atoms with Crippen molar-refractivity contribution < 1.29 is 25.6 Å². The van der Waals surface area contributed by atoms with E-state index in [2.05, 4.69) is 10.0 Å². The molecule has 0 heterocycles. The first kappa shape index (κ1) is 16.8. The molecule has 0 aromatic heterocycles. The molecule has 2 aromatic carbocycles. The minimum absolute atomic E-state index is 0.134. The van der Waals surface area contributed by atoms with E-state index in [0.29, 0.717) is 0 Å². The van der Waals surface area contributed by atoms with Crippen LogP contribution < -0.4 is 4.18 Å². The molecule has 2 rings (SSSR count). The number of rotatable bonds is 5. The number of benzene rings is 2. The van der Waals surface area contributed by atoms with Crippen molar-refractivity contribution in [3.63, 3.8) is 0 Å². The Balaban J connectivity index is 2.50. The molecule has 0 aliphatic rings. The van der Waals surface area contributed by atoms with Gasteiger partial charge in [-0.3, -0.25) is 4.55 Å². The minimum atomic E-state index is -4.54. The van der Waals surface area contributed by atoms with Crippen LogP contribution in [0.15, 0.2) is 63.4 Å². The van der Waals surface area contributed by atoms with E-state index in [9.17, 15) is 16.8 Å². The van der Waals surface area contributed by atoms with Crippen LogP contribution in [-0.2, 0) is 20.2 Å². The fourth-order valence-corrected chi connectivity index (χ4v) is 3.07. The van der Waals surface area contributed by atoms with Crippen LogP contribution in [0.4, 0.5) is 5.69 Å². The molecule has 0 fully saturated rings. The molecule has 9 nitrogen and oxygen atoms in total. The summed E-state index contributed by atoms with van der Waals surface area (Å²) in [5.74, 6) is -0.376. The van der Waals surface area contributed by atoms with Gasteiger partial charge in [0.05, 0.1) is 10.6 Å². The molecule has 0 bridgehead atoms. The average Bonchev–Trinajstić information content (AvgIpc) is 2.49. The summed E-state index contributed by atoms with van der Waals surface area (Å²) in [6.45, 7) is 0. The quantitative estimate of drug-likeness (QED) is 0.287. The fourth-order valence-electron chi connectivity index (χ4n) is 1.61. The van der Waals surface area contributed by atoms with E-state index in [1.807, 2.05) is 0 Å². The van der Waals surface area contributed by atoms with Crippen molar-refractivity contribution in [1.82, 2.24) is 0 Å². The maximum atomic E-state index is 12.1. The summed E-state index contributed by atoms with van der Waals surface area (Å²) < 4.78 is 60.2. The summed E-state index contributed by atoms with van der Waals surface area (Å²) in [5, 5.41) is 3.17. The molecule has 11 heteroatoms. The number of azide groups is 1. The van der Waals surface area contributed by atoms with E-state index >= 15 is 0 Å². The molecule has 0 saturated heterocycles. The highest BCUT2D eigenvalue weighted by Crippen LogP contribution is 2.32. The molecule has 0 atom stereocenters. The van der Waals surface area contributed by atoms with E-state index in [0.717, 1.165) is 18.2 Å². The number of hydrogen-bond donors (Lipinski definition) is 1. The van der Waals surface area contributed by atoms with E-state index in [-0.39, 0.29) is 10.6 Å². The van der Waals surface area contributed by atoms with E-state index in [1.54, 1.807) is 6.07 Å². The van der Waals surface area contributed by atoms with Gasteiger partial charge < -0.3 is 4.18 Å². The fraction of sp³-hybridized carbons (Fsp3) is 0. The van der Waals surface area contributed by atoms with Crippen LogP contribution >= 0.6 is 0 Å². The van der Waals surface area contributed by atoms with Crippen LogP contribution in [0.5, 0.6) is 5.75 Å². The standard InChI is InChI=1S/C12H9N3O6S2/c13-15-14-11-8-10(22(16,17)18)6-7-12(11)21-23(19,20)9-4-2-1-3-5-9/h1-8H,(H,16,17,18). The van der Waals surface area contributed by atoms with Gasteiger partial charge in [-0.15, -0.1) is 0 Å². The van der Waals surface area contributed by atoms with E-state index in [1.165, 1.54) is 24.3 Å². The zero-order valence-electron chi connectivity index (χ0n) is 11.3. The topological polar surface area (TPSA) is 146 Å².